The van der Waals surface area contributed by atoms with Crippen molar-refractivity contribution >= 4 is 5.82 Å². The summed E-state index contributed by atoms with van der Waals surface area (Å²) in [5.74, 6) is 0.355. The molecule has 1 unspecified atom stereocenters. The number of hydrogen-bond donors (Lipinski definition) is 2. The van der Waals surface area contributed by atoms with E-state index in [1.54, 1.807) is 12.1 Å². The van der Waals surface area contributed by atoms with Crippen LogP contribution < -0.4 is 11.1 Å². The van der Waals surface area contributed by atoms with Crippen molar-refractivity contribution in [3.05, 3.63) is 59.5 Å². The van der Waals surface area contributed by atoms with Crippen molar-refractivity contribution in [2.75, 3.05) is 5.73 Å². The van der Waals surface area contributed by atoms with Crippen LogP contribution in [-0.2, 0) is 13.0 Å². The van der Waals surface area contributed by atoms with Crippen LogP contribution in [0.3, 0.4) is 0 Å². The Labute approximate surface area is 119 Å². The Morgan fingerprint density at radius 2 is 1.85 bits per heavy atom. The number of aromatic nitrogens is 1. The molecular formula is C16H20FN3. The molecule has 0 aliphatic carbocycles. The normalized spacial score (nSPS) is 12.3. The first kappa shape index (κ1) is 14.5. The third-order valence-corrected chi connectivity index (χ3v) is 3.28. The number of hydrogen-bond acceptors (Lipinski definition) is 3. The van der Waals surface area contributed by atoms with Crippen LogP contribution in [0.4, 0.5) is 10.2 Å². The van der Waals surface area contributed by atoms with Gasteiger partial charge in [-0.1, -0.05) is 18.2 Å². The lowest BCUT2D eigenvalue weighted by Crippen LogP contribution is -2.25. The maximum absolute atomic E-state index is 12.8. The Bertz CT molecular complexity index is 473. The molecule has 1 heterocycles. The predicted molar refractivity (Wildman–Crippen MR) is 79.7 cm³/mol. The number of anilines is 1. The maximum Gasteiger partial charge on any atom is 0.123 e. The first-order valence-corrected chi connectivity index (χ1v) is 6.82. The Balaban J connectivity index is 1.73. The number of halogens is 1. The third-order valence-electron chi connectivity index (χ3n) is 3.28. The molecule has 0 bridgehead atoms. The van der Waals surface area contributed by atoms with E-state index in [1.807, 2.05) is 18.3 Å². The van der Waals surface area contributed by atoms with Crippen molar-refractivity contribution < 1.29 is 4.39 Å². The molecule has 20 heavy (non-hydrogen) atoms. The molecule has 1 atom stereocenters. The molecule has 0 saturated heterocycles. The van der Waals surface area contributed by atoms with Crippen LogP contribution in [-0.4, -0.2) is 11.0 Å². The van der Waals surface area contributed by atoms with Gasteiger partial charge in [-0.3, -0.25) is 0 Å². The second-order valence-electron chi connectivity index (χ2n) is 5.04. The quantitative estimate of drug-likeness (QED) is 0.851. The average Bonchev–Trinajstić information content (AvgIpc) is 2.46. The van der Waals surface area contributed by atoms with Gasteiger partial charge < -0.3 is 11.1 Å². The molecule has 0 aliphatic rings. The second-order valence-corrected chi connectivity index (χ2v) is 5.04. The Kier molecular flexibility index (Phi) is 5.07. The highest BCUT2D eigenvalue weighted by molar-refractivity contribution is 5.29. The number of rotatable bonds is 6. The summed E-state index contributed by atoms with van der Waals surface area (Å²) in [7, 11) is 0. The van der Waals surface area contributed by atoms with Gasteiger partial charge in [-0.2, -0.15) is 0 Å². The monoisotopic (exact) mass is 273 g/mol. The summed E-state index contributed by atoms with van der Waals surface area (Å²) < 4.78 is 12.8. The minimum atomic E-state index is -0.197. The molecule has 0 saturated carbocycles. The van der Waals surface area contributed by atoms with Gasteiger partial charge in [0.05, 0.1) is 0 Å². The van der Waals surface area contributed by atoms with Gasteiger partial charge in [0.25, 0.3) is 0 Å². The van der Waals surface area contributed by atoms with Crippen LogP contribution in [0.25, 0.3) is 0 Å². The van der Waals surface area contributed by atoms with Crippen LogP contribution >= 0.6 is 0 Å². The number of nitrogens with zero attached hydrogens (tertiary/aromatic N) is 1. The predicted octanol–water partition coefficient (Wildman–Crippen LogP) is 2.91. The van der Waals surface area contributed by atoms with Gasteiger partial charge >= 0.3 is 0 Å². The summed E-state index contributed by atoms with van der Waals surface area (Å²) in [5, 5.41) is 3.43. The molecule has 0 amide bonds. The molecule has 3 N–H and O–H groups in total. The van der Waals surface area contributed by atoms with Gasteiger partial charge in [0.15, 0.2) is 0 Å². The average molecular weight is 273 g/mol. The number of pyridine rings is 1. The smallest absolute Gasteiger partial charge is 0.123 e. The Morgan fingerprint density at radius 1 is 1.15 bits per heavy atom. The van der Waals surface area contributed by atoms with Gasteiger partial charge in [-0.05, 0) is 49.1 Å². The zero-order valence-electron chi connectivity index (χ0n) is 11.6. The van der Waals surface area contributed by atoms with Crippen molar-refractivity contribution in [3.8, 4) is 0 Å². The SMILES string of the molecule is CC(CCc1ccc(N)nc1)NCc1ccc(F)cc1. The fourth-order valence-corrected chi connectivity index (χ4v) is 1.96. The second kappa shape index (κ2) is 7.01. The maximum atomic E-state index is 12.8. The zero-order chi connectivity index (χ0) is 14.4. The van der Waals surface area contributed by atoms with Crippen molar-refractivity contribution in [1.29, 1.82) is 0 Å². The number of benzene rings is 1. The van der Waals surface area contributed by atoms with E-state index in [0.717, 1.165) is 24.9 Å². The fraction of sp³-hybridized carbons (Fsp3) is 0.312. The standard InChI is InChI=1S/C16H20FN3/c1-12(2-3-13-6-9-16(18)20-11-13)19-10-14-4-7-15(17)8-5-14/h4-9,11-12,19H,2-3,10H2,1H3,(H2,18,20). The summed E-state index contributed by atoms with van der Waals surface area (Å²) in [4.78, 5) is 4.08. The lowest BCUT2D eigenvalue weighted by molar-refractivity contribution is 0.513. The van der Waals surface area contributed by atoms with Crippen LogP contribution in [0.5, 0.6) is 0 Å². The number of nitrogens with one attached hydrogen (secondary N) is 1. The highest BCUT2D eigenvalue weighted by Crippen LogP contribution is 2.07. The van der Waals surface area contributed by atoms with Crippen LogP contribution in [0.2, 0.25) is 0 Å². The summed E-state index contributed by atoms with van der Waals surface area (Å²) in [6, 6.07) is 10.8. The van der Waals surface area contributed by atoms with E-state index in [2.05, 4.69) is 17.2 Å². The van der Waals surface area contributed by atoms with Gasteiger partial charge in [-0.25, -0.2) is 9.37 Å². The summed E-state index contributed by atoms with van der Waals surface area (Å²) >= 11 is 0. The molecule has 0 aliphatic heterocycles. The summed E-state index contributed by atoms with van der Waals surface area (Å²) in [6.07, 6.45) is 3.81. The molecular weight excluding hydrogens is 253 g/mol. The summed E-state index contributed by atoms with van der Waals surface area (Å²) in [6.45, 7) is 2.90. The largest absolute Gasteiger partial charge is 0.384 e. The molecule has 4 heteroatoms. The first-order chi connectivity index (χ1) is 9.63. The van der Waals surface area contributed by atoms with E-state index in [0.29, 0.717) is 11.9 Å². The minimum absolute atomic E-state index is 0.197. The van der Waals surface area contributed by atoms with Crippen LogP contribution in [0.1, 0.15) is 24.5 Å². The first-order valence-electron chi connectivity index (χ1n) is 6.82. The Morgan fingerprint density at radius 3 is 2.50 bits per heavy atom. The van der Waals surface area contributed by atoms with Gasteiger partial charge in [0.1, 0.15) is 11.6 Å². The van der Waals surface area contributed by atoms with E-state index in [1.165, 1.54) is 17.7 Å². The molecule has 2 aromatic rings. The third kappa shape index (κ3) is 4.63. The van der Waals surface area contributed by atoms with Gasteiger partial charge in [0, 0.05) is 18.8 Å². The van der Waals surface area contributed by atoms with E-state index in [9.17, 15) is 4.39 Å². The number of nitrogens with two attached hydrogens (primary N) is 1. The lowest BCUT2D eigenvalue weighted by atomic mass is 10.1. The highest BCUT2D eigenvalue weighted by Gasteiger charge is 2.03. The highest BCUT2D eigenvalue weighted by atomic mass is 19.1. The van der Waals surface area contributed by atoms with Crippen molar-refractivity contribution in [3.63, 3.8) is 0 Å². The van der Waals surface area contributed by atoms with Crippen molar-refractivity contribution in [1.82, 2.24) is 10.3 Å². The van der Waals surface area contributed by atoms with Crippen molar-refractivity contribution in [2.45, 2.75) is 32.4 Å². The van der Waals surface area contributed by atoms with Crippen molar-refractivity contribution in [2.24, 2.45) is 0 Å². The fourth-order valence-electron chi connectivity index (χ4n) is 1.96. The van der Waals surface area contributed by atoms with E-state index in [4.69, 9.17) is 5.73 Å². The molecule has 0 radical (unpaired) electrons. The van der Waals surface area contributed by atoms with Crippen LogP contribution in [0, 0.1) is 5.82 Å². The molecule has 3 nitrogen and oxygen atoms in total. The molecule has 106 valence electrons. The molecule has 1 aromatic heterocycles. The zero-order valence-corrected chi connectivity index (χ0v) is 11.6. The molecule has 2 rings (SSSR count). The minimum Gasteiger partial charge on any atom is -0.384 e. The van der Waals surface area contributed by atoms with E-state index in [-0.39, 0.29) is 5.82 Å². The molecule has 1 aromatic carbocycles. The lowest BCUT2D eigenvalue weighted by Gasteiger charge is -2.13. The molecule has 0 spiro atoms. The summed E-state index contributed by atoms with van der Waals surface area (Å²) in [5.41, 5.74) is 7.83. The topological polar surface area (TPSA) is 50.9 Å². The van der Waals surface area contributed by atoms with E-state index >= 15 is 0 Å². The number of nitrogen functional groups attached to an aromatic ring is 1. The Hall–Kier alpha value is -1.94. The number of aryl methyl sites for hydroxylation is 1. The van der Waals surface area contributed by atoms with Crippen LogP contribution in [0.15, 0.2) is 42.6 Å². The van der Waals surface area contributed by atoms with E-state index < -0.39 is 0 Å². The van der Waals surface area contributed by atoms with Gasteiger partial charge in [-0.15, -0.1) is 0 Å². The van der Waals surface area contributed by atoms with Gasteiger partial charge in [0.2, 0.25) is 0 Å². The molecule has 0 fully saturated rings.